The summed E-state index contributed by atoms with van der Waals surface area (Å²) in [7, 11) is 1.64. The number of anilines is 1. The van der Waals surface area contributed by atoms with E-state index < -0.39 is 0 Å². The predicted molar refractivity (Wildman–Crippen MR) is 85.0 cm³/mol. The van der Waals surface area contributed by atoms with Crippen molar-refractivity contribution in [1.29, 1.82) is 5.41 Å². The SMILES string of the molecule is CNC(=N)c1ccc(-c2cc(Cl)cc(Cl)c2Cl)c(N)n1. The minimum absolute atomic E-state index is 0.179. The third kappa shape index (κ3) is 2.82. The fourth-order valence-electron chi connectivity index (χ4n) is 1.72. The van der Waals surface area contributed by atoms with Gasteiger partial charge in [-0.05, 0) is 24.3 Å². The molecule has 0 aliphatic rings. The molecule has 0 spiro atoms. The standard InChI is InChI=1S/C13H11Cl3N4/c1-19-13(18)10-3-2-7(12(17)20-10)8-4-6(14)5-9(15)11(8)16/h2-5H,1H3,(H2,17,20)(H2,18,19). The molecule has 1 aromatic heterocycles. The highest BCUT2D eigenvalue weighted by Crippen LogP contribution is 2.38. The molecule has 1 heterocycles. The molecule has 0 aliphatic heterocycles. The topological polar surface area (TPSA) is 74.8 Å². The molecule has 0 saturated heterocycles. The minimum atomic E-state index is 0.179. The number of nitrogens with zero attached hydrogens (tertiary/aromatic N) is 1. The van der Waals surface area contributed by atoms with E-state index in [0.29, 0.717) is 31.9 Å². The van der Waals surface area contributed by atoms with Crippen LogP contribution in [0.3, 0.4) is 0 Å². The predicted octanol–water partition coefficient (Wildman–Crippen LogP) is 3.84. The van der Waals surface area contributed by atoms with Gasteiger partial charge in [0.2, 0.25) is 0 Å². The van der Waals surface area contributed by atoms with E-state index in [1.807, 2.05) is 0 Å². The Bertz CT molecular complexity index is 686. The summed E-state index contributed by atoms with van der Waals surface area (Å²) in [6.45, 7) is 0. The van der Waals surface area contributed by atoms with Gasteiger partial charge in [0.25, 0.3) is 0 Å². The van der Waals surface area contributed by atoms with Crippen LogP contribution in [0.25, 0.3) is 11.1 Å². The zero-order valence-corrected chi connectivity index (χ0v) is 12.7. The van der Waals surface area contributed by atoms with Crippen LogP contribution in [0.2, 0.25) is 15.1 Å². The third-order valence-corrected chi connectivity index (χ3v) is 3.73. The van der Waals surface area contributed by atoms with Crippen LogP contribution in [0.5, 0.6) is 0 Å². The molecule has 0 saturated carbocycles. The first-order chi connectivity index (χ1) is 9.43. The molecule has 2 rings (SSSR count). The molecule has 0 amide bonds. The average Bonchev–Trinajstić information content (AvgIpc) is 2.42. The van der Waals surface area contributed by atoms with Crippen LogP contribution in [0.15, 0.2) is 24.3 Å². The van der Waals surface area contributed by atoms with Gasteiger partial charge in [-0.3, -0.25) is 5.41 Å². The summed E-state index contributed by atoms with van der Waals surface area (Å²) in [5.74, 6) is 0.432. The molecule has 0 bridgehead atoms. The smallest absolute Gasteiger partial charge is 0.144 e. The number of benzene rings is 1. The number of hydrogen-bond acceptors (Lipinski definition) is 3. The maximum absolute atomic E-state index is 7.66. The Kier molecular flexibility index (Phi) is 4.38. The molecular weight excluding hydrogens is 319 g/mol. The van der Waals surface area contributed by atoms with E-state index in [1.54, 1.807) is 31.3 Å². The van der Waals surface area contributed by atoms with Crippen molar-refractivity contribution in [1.82, 2.24) is 10.3 Å². The number of pyridine rings is 1. The van der Waals surface area contributed by atoms with Crippen LogP contribution >= 0.6 is 34.8 Å². The van der Waals surface area contributed by atoms with Crippen molar-refractivity contribution in [3.05, 3.63) is 45.0 Å². The summed E-state index contributed by atoms with van der Waals surface area (Å²) in [5.41, 5.74) is 7.60. The number of nitrogens with two attached hydrogens (primary N) is 1. The Morgan fingerprint density at radius 1 is 1.20 bits per heavy atom. The second kappa shape index (κ2) is 5.87. The Morgan fingerprint density at radius 3 is 2.50 bits per heavy atom. The maximum Gasteiger partial charge on any atom is 0.144 e. The molecule has 0 fully saturated rings. The van der Waals surface area contributed by atoms with Crippen molar-refractivity contribution in [3.63, 3.8) is 0 Å². The fourth-order valence-corrected chi connectivity index (χ4v) is 2.43. The molecule has 0 atom stereocenters. The van der Waals surface area contributed by atoms with Crippen molar-refractivity contribution < 1.29 is 0 Å². The van der Waals surface area contributed by atoms with Gasteiger partial charge < -0.3 is 11.1 Å². The first-order valence-electron chi connectivity index (χ1n) is 5.62. The number of aromatic nitrogens is 1. The Balaban J connectivity index is 2.57. The zero-order chi connectivity index (χ0) is 14.9. The number of nitrogen functional groups attached to an aromatic ring is 1. The van der Waals surface area contributed by atoms with Crippen LogP contribution in [0, 0.1) is 5.41 Å². The van der Waals surface area contributed by atoms with Crippen LogP contribution in [-0.4, -0.2) is 17.9 Å². The van der Waals surface area contributed by atoms with Crippen LogP contribution in [0.1, 0.15) is 5.69 Å². The summed E-state index contributed by atoms with van der Waals surface area (Å²) < 4.78 is 0. The van der Waals surface area contributed by atoms with Gasteiger partial charge in [-0.2, -0.15) is 0 Å². The normalized spacial score (nSPS) is 10.4. The molecular formula is C13H11Cl3N4. The number of hydrogen-bond donors (Lipinski definition) is 3. The fraction of sp³-hybridized carbons (Fsp3) is 0.0769. The molecule has 4 nitrogen and oxygen atoms in total. The molecule has 0 aliphatic carbocycles. The van der Waals surface area contributed by atoms with Gasteiger partial charge in [-0.15, -0.1) is 0 Å². The second-order valence-electron chi connectivity index (χ2n) is 4.00. The highest BCUT2D eigenvalue weighted by atomic mass is 35.5. The average molecular weight is 330 g/mol. The van der Waals surface area contributed by atoms with Crippen LogP contribution < -0.4 is 11.1 Å². The molecule has 0 unspecified atom stereocenters. The van der Waals surface area contributed by atoms with Gasteiger partial charge >= 0.3 is 0 Å². The lowest BCUT2D eigenvalue weighted by atomic mass is 10.1. The summed E-state index contributed by atoms with van der Waals surface area (Å²) >= 11 is 18.2. The van der Waals surface area contributed by atoms with Gasteiger partial charge in [0.05, 0.1) is 10.0 Å². The van der Waals surface area contributed by atoms with E-state index in [1.165, 1.54) is 0 Å². The summed E-state index contributed by atoms with van der Waals surface area (Å²) in [5, 5.41) is 11.5. The van der Waals surface area contributed by atoms with Crippen molar-refractivity contribution in [3.8, 4) is 11.1 Å². The number of nitrogens with one attached hydrogen (secondary N) is 2. The highest BCUT2D eigenvalue weighted by molar-refractivity contribution is 6.45. The van der Waals surface area contributed by atoms with E-state index >= 15 is 0 Å². The zero-order valence-electron chi connectivity index (χ0n) is 10.5. The van der Waals surface area contributed by atoms with Gasteiger partial charge in [0.1, 0.15) is 17.3 Å². The second-order valence-corrected chi connectivity index (χ2v) is 5.23. The third-order valence-electron chi connectivity index (χ3n) is 2.71. The van der Waals surface area contributed by atoms with Crippen molar-refractivity contribution >= 4 is 46.5 Å². The van der Waals surface area contributed by atoms with E-state index in [0.717, 1.165) is 0 Å². The van der Waals surface area contributed by atoms with Gasteiger partial charge in [-0.1, -0.05) is 34.8 Å². The first kappa shape index (κ1) is 14.9. The Labute approximate surface area is 131 Å². The lowest BCUT2D eigenvalue weighted by Gasteiger charge is -2.11. The molecule has 7 heteroatoms. The lowest BCUT2D eigenvalue weighted by Crippen LogP contribution is -2.19. The number of amidine groups is 1. The summed E-state index contributed by atoms with van der Waals surface area (Å²) in [6, 6.07) is 6.64. The van der Waals surface area contributed by atoms with E-state index in [2.05, 4.69) is 10.3 Å². The maximum atomic E-state index is 7.66. The first-order valence-corrected chi connectivity index (χ1v) is 6.75. The van der Waals surface area contributed by atoms with Crippen molar-refractivity contribution in [2.45, 2.75) is 0 Å². The van der Waals surface area contributed by atoms with Crippen LogP contribution in [-0.2, 0) is 0 Å². The minimum Gasteiger partial charge on any atom is -0.383 e. The molecule has 2 aromatic rings. The summed E-state index contributed by atoms with van der Waals surface area (Å²) in [4.78, 5) is 4.17. The van der Waals surface area contributed by atoms with Gasteiger partial charge in [0, 0.05) is 23.2 Å². The Hall–Kier alpha value is -1.49. The lowest BCUT2D eigenvalue weighted by molar-refractivity contribution is 1.11. The molecule has 20 heavy (non-hydrogen) atoms. The molecule has 4 N–H and O–H groups in total. The molecule has 1 aromatic carbocycles. The molecule has 0 radical (unpaired) electrons. The monoisotopic (exact) mass is 328 g/mol. The quantitative estimate of drug-likeness (QED) is 0.445. The van der Waals surface area contributed by atoms with Crippen molar-refractivity contribution in [2.24, 2.45) is 0 Å². The van der Waals surface area contributed by atoms with E-state index in [-0.39, 0.29) is 11.7 Å². The number of halogens is 3. The van der Waals surface area contributed by atoms with Crippen molar-refractivity contribution in [2.75, 3.05) is 12.8 Å². The summed E-state index contributed by atoms with van der Waals surface area (Å²) in [6.07, 6.45) is 0. The largest absolute Gasteiger partial charge is 0.383 e. The van der Waals surface area contributed by atoms with E-state index in [4.69, 9.17) is 45.9 Å². The van der Waals surface area contributed by atoms with Crippen LogP contribution in [0.4, 0.5) is 5.82 Å². The Morgan fingerprint density at radius 2 is 1.90 bits per heavy atom. The van der Waals surface area contributed by atoms with Gasteiger partial charge in [0.15, 0.2) is 0 Å². The molecule has 104 valence electrons. The number of rotatable bonds is 2. The van der Waals surface area contributed by atoms with Gasteiger partial charge in [-0.25, -0.2) is 4.98 Å². The van der Waals surface area contributed by atoms with E-state index in [9.17, 15) is 0 Å². The highest BCUT2D eigenvalue weighted by Gasteiger charge is 2.13.